The largest absolute Gasteiger partial charge is 0.478 e. The van der Waals surface area contributed by atoms with E-state index >= 15 is 0 Å². The number of benzene rings is 3. The van der Waals surface area contributed by atoms with Crippen LogP contribution in [0.5, 0.6) is 5.75 Å². The van der Waals surface area contributed by atoms with E-state index in [1.807, 2.05) is 43.3 Å². The number of nitriles is 1. The summed E-state index contributed by atoms with van der Waals surface area (Å²) in [6, 6.07) is 14.6. The molecule has 1 aliphatic carbocycles. The van der Waals surface area contributed by atoms with Gasteiger partial charge in [-0.05, 0) is 67.5 Å². The Morgan fingerprint density at radius 2 is 1.68 bits per heavy atom. The van der Waals surface area contributed by atoms with Crippen molar-refractivity contribution in [1.29, 1.82) is 5.26 Å². The normalized spacial score (nSPS) is 21.2. The molecule has 0 aromatic heterocycles. The number of nitrogens with one attached hydrogen (secondary N) is 3. The zero-order chi connectivity index (χ0) is 47.2. The van der Waals surface area contributed by atoms with Crippen LogP contribution in [-0.2, 0) is 27.5 Å². The van der Waals surface area contributed by atoms with Crippen molar-refractivity contribution in [2.24, 2.45) is 5.92 Å². The van der Waals surface area contributed by atoms with Gasteiger partial charge >= 0.3 is 5.97 Å². The molecule has 1 unspecified atom stereocenters. The van der Waals surface area contributed by atoms with Gasteiger partial charge in [-0.15, -0.1) is 0 Å². The quantitative estimate of drug-likeness (QED) is 0.193. The minimum atomic E-state index is -3.21. The van der Waals surface area contributed by atoms with Crippen LogP contribution in [0.4, 0.5) is 14.5 Å². The van der Waals surface area contributed by atoms with Gasteiger partial charge in [-0.3, -0.25) is 28.9 Å². The zero-order valence-electron chi connectivity index (χ0n) is 36.7. The third-order valence-electron chi connectivity index (χ3n) is 12.6. The van der Waals surface area contributed by atoms with Crippen LogP contribution in [0, 0.1) is 17.2 Å². The third-order valence-corrected chi connectivity index (χ3v) is 12.6. The van der Waals surface area contributed by atoms with Crippen LogP contribution in [0.15, 0.2) is 84.2 Å². The minimum absolute atomic E-state index is 0.0228. The van der Waals surface area contributed by atoms with Crippen molar-refractivity contribution in [1.82, 2.24) is 30.7 Å². The number of hydrogen-bond acceptors (Lipinski definition) is 10. The number of allylic oxidation sites excluding steroid dienone is 1. The van der Waals surface area contributed by atoms with Crippen LogP contribution < -0.4 is 25.6 Å². The number of likely N-dealkylation sites (N-methyl/N-ethyl adjacent to an activating group) is 1. The Morgan fingerprint density at radius 3 is 2.39 bits per heavy atom. The molecule has 16 nitrogen and oxygen atoms in total. The van der Waals surface area contributed by atoms with E-state index in [4.69, 9.17) is 4.74 Å². The average Bonchev–Trinajstić information content (AvgIpc) is 3.99. The fourth-order valence-electron chi connectivity index (χ4n) is 9.22. The Hall–Kier alpha value is -7.39. The van der Waals surface area contributed by atoms with Crippen LogP contribution in [0.25, 0.3) is 5.57 Å². The van der Waals surface area contributed by atoms with Gasteiger partial charge in [-0.25, -0.2) is 13.6 Å². The zero-order valence-corrected chi connectivity index (χ0v) is 36.7. The van der Waals surface area contributed by atoms with Crippen LogP contribution >= 0.6 is 0 Å². The highest BCUT2D eigenvalue weighted by molar-refractivity contribution is 6.08. The summed E-state index contributed by atoms with van der Waals surface area (Å²) in [5.41, 5.74) is 4.81. The number of fused-ring (bicyclic) bond motifs is 3. The molecule has 4 atom stereocenters. The summed E-state index contributed by atoms with van der Waals surface area (Å²) in [6.45, 7) is -0.597. The molecule has 0 bridgehead atoms. The number of carbonyl (C=O) groups excluding carboxylic acids is 5. The lowest BCUT2D eigenvalue weighted by Crippen LogP contribution is -2.46. The van der Waals surface area contributed by atoms with Crippen molar-refractivity contribution in [3.63, 3.8) is 0 Å². The lowest BCUT2D eigenvalue weighted by Gasteiger charge is -2.32. The summed E-state index contributed by atoms with van der Waals surface area (Å²) < 4.78 is 34.6. The molecule has 4 aliphatic heterocycles. The average molecular weight is 903 g/mol. The molecule has 4 heterocycles. The molecule has 3 aromatic carbocycles. The summed E-state index contributed by atoms with van der Waals surface area (Å²) in [5.74, 6) is -7.12. The molecule has 3 aromatic rings. The second-order valence-electron chi connectivity index (χ2n) is 17.4. The van der Waals surface area contributed by atoms with Gasteiger partial charge < -0.3 is 40.5 Å². The van der Waals surface area contributed by atoms with Crippen molar-refractivity contribution < 1.29 is 47.4 Å². The molecule has 18 heteroatoms. The molecule has 5 aliphatic rings. The van der Waals surface area contributed by atoms with Crippen molar-refractivity contribution in [3.05, 3.63) is 123 Å². The Kier molecular flexibility index (Phi) is 12.2. The maximum Gasteiger partial charge on any atom is 0.336 e. The van der Waals surface area contributed by atoms with Crippen molar-refractivity contribution in [3.8, 4) is 11.8 Å². The number of anilines is 1. The van der Waals surface area contributed by atoms with Gasteiger partial charge in [-0.2, -0.15) is 5.26 Å². The van der Waals surface area contributed by atoms with Gasteiger partial charge in [-0.1, -0.05) is 42.5 Å². The SMILES string of the molecule is CN(C)c1ccc2c(c1C(=O)NCCNC(=O)c1cccc3c1CN(C(=O)C[C@@H]1C[C@@H](C(=O)N4CC(F)(F)C[C@H]4C#N)NC1=O)C3)OC1=CC(N(C)C)C=CC1=C2c1ccccc1C(=O)O. The fraction of sp³-hybridized carbons (Fsp3) is 0.354. The number of ether oxygens (including phenoxy) is 1. The number of hydrogen-bond donors (Lipinski definition) is 4. The number of halogens is 2. The number of aromatic carboxylic acids is 1. The number of amides is 5. The van der Waals surface area contributed by atoms with Crippen LogP contribution in [-0.4, -0.2) is 127 Å². The molecule has 2 saturated heterocycles. The topological polar surface area (TPSA) is 205 Å². The first-order chi connectivity index (χ1) is 31.5. The van der Waals surface area contributed by atoms with E-state index in [-0.39, 0.29) is 67.8 Å². The number of nitrogens with zero attached hydrogens (tertiary/aromatic N) is 5. The highest BCUT2D eigenvalue weighted by atomic mass is 19.3. The summed E-state index contributed by atoms with van der Waals surface area (Å²) in [5, 5.41) is 27.8. The Morgan fingerprint density at radius 1 is 0.955 bits per heavy atom. The molecular formula is C48H48F2N8O8. The van der Waals surface area contributed by atoms with Gasteiger partial charge in [0.2, 0.25) is 17.7 Å². The minimum Gasteiger partial charge on any atom is -0.478 e. The number of carboxylic acid groups (broad SMARTS) is 1. The summed E-state index contributed by atoms with van der Waals surface area (Å²) >= 11 is 0. The van der Waals surface area contributed by atoms with Gasteiger partial charge in [0.1, 0.15) is 29.2 Å². The lowest BCUT2D eigenvalue weighted by molar-refractivity contribution is -0.135. The monoisotopic (exact) mass is 902 g/mol. The van der Waals surface area contributed by atoms with Gasteiger partial charge in [0.15, 0.2) is 0 Å². The van der Waals surface area contributed by atoms with E-state index in [1.165, 1.54) is 11.0 Å². The molecule has 4 N–H and O–H groups in total. The molecule has 5 amide bonds. The highest BCUT2D eigenvalue weighted by Crippen LogP contribution is 2.48. The van der Waals surface area contributed by atoms with E-state index < -0.39 is 66.5 Å². The molecule has 66 heavy (non-hydrogen) atoms. The maximum absolute atomic E-state index is 14.3. The van der Waals surface area contributed by atoms with Crippen LogP contribution in [0.2, 0.25) is 0 Å². The highest BCUT2D eigenvalue weighted by Gasteiger charge is 2.50. The molecule has 2 fully saturated rings. The number of rotatable bonds is 12. The van der Waals surface area contributed by atoms with Gasteiger partial charge in [0, 0.05) is 87.3 Å². The fourth-order valence-corrected chi connectivity index (χ4v) is 9.22. The van der Waals surface area contributed by atoms with Crippen molar-refractivity contribution in [2.45, 2.75) is 56.4 Å². The van der Waals surface area contributed by atoms with E-state index in [2.05, 4.69) is 16.0 Å². The predicted molar refractivity (Wildman–Crippen MR) is 236 cm³/mol. The molecule has 0 spiro atoms. The first-order valence-electron chi connectivity index (χ1n) is 21.5. The number of carboxylic acids is 1. The summed E-state index contributed by atoms with van der Waals surface area (Å²) in [7, 11) is 7.43. The van der Waals surface area contributed by atoms with Crippen molar-refractivity contribution in [2.75, 3.05) is 52.7 Å². The number of carbonyl (C=O) groups is 6. The molecular weight excluding hydrogens is 855 g/mol. The number of likely N-dealkylation sites (tertiary alicyclic amines) is 1. The Bertz CT molecular complexity index is 2710. The summed E-state index contributed by atoms with van der Waals surface area (Å²) in [6.07, 6.45) is 4.71. The Labute approximate surface area is 379 Å². The Balaban J connectivity index is 0.931. The van der Waals surface area contributed by atoms with Gasteiger partial charge in [0.05, 0.1) is 23.9 Å². The summed E-state index contributed by atoms with van der Waals surface area (Å²) in [4.78, 5) is 85.9. The maximum atomic E-state index is 14.3. The standard InChI is InChI=1S/C48H48F2N8O8/c1-55(2)28-12-13-33-38(20-28)66-42-34(40(33)30-9-5-6-10-32(30)47(64)65)14-15-37(56(3)4)41(42)45(62)53-17-16-52-44(61)31-11-7-8-26-23-57(24-35(26)31)39(59)19-27-18-36(54-43(27)60)46(63)58-25-48(49,50)21-29(58)22-51/h5-15,20,27-29,36H,16-19,21,23-25H2,1-4H3,(H,52,61)(H,53,62)(H,54,60)(H,64,65)/t27-,28?,29-,36-/m0/s1. The first kappa shape index (κ1) is 45.2. The molecule has 0 saturated carbocycles. The smallest absolute Gasteiger partial charge is 0.336 e. The third kappa shape index (κ3) is 8.61. The van der Waals surface area contributed by atoms with Crippen LogP contribution in [0.3, 0.4) is 0 Å². The number of alkyl halides is 2. The van der Waals surface area contributed by atoms with Crippen molar-refractivity contribution >= 4 is 46.8 Å². The molecule has 8 rings (SSSR count). The first-order valence-corrected chi connectivity index (χ1v) is 21.5. The molecule has 0 radical (unpaired) electrons. The van der Waals surface area contributed by atoms with Gasteiger partial charge in [0.25, 0.3) is 17.7 Å². The van der Waals surface area contributed by atoms with Crippen LogP contribution in [0.1, 0.15) is 72.6 Å². The lowest BCUT2D eigenvalue weighted by atomic mass is 9.84. The van der Waals surface area contributed by atoms with E-state index in [9.17, 15) is 47.9 Å². The van der Waals surface area contributed by atoms with E-state index in [0.29, 0.717) is 44.8 Å². The van der Waals surface area contributed by atoms with E-state index in [1.54, 1.807) is 67.5 Å². The predicted octanol–water partition coefficient (Wildman–Crippen LogP) is 3.69. The second kappa shape index (κ2) is 17.9. The van der Waals surface area contributed by atoms with E-state index in [0.717, 1.165) is 10.5 Å². The second-order valence-corrected chi connectivity index (χ2v) is 17.4. The molecule has 342 valence electrons.